The fourth-order valence-electron chi connectivity index (χ4n) is 3.21. The van der Waals surface area contributed by atoms with Gasteiger partial charge in [0.15, 0.2) is 0 Å². The van der Waals surface area contributed by atoms with Crippen LogP contribution in [0.5, 0.6) is 0 Å². The standard InChI is InChI=1S/C18H25N3/c1-13-3-4-14(2)21(12-13)18-8-5-15(9-16(18)10-19)11-20-17-6-7-17/h5,8-9,13-14,17,20H,3-4,6-7,11-12H2,1-2H3. The first-order valence-electron chi connectivity index (χ1n) is 8.20. The topological polar surface area (TPSA) is 39.1 Å². The van der Waals surface area contributed by atoms with Gasteiger partial charge in [0.05, 0.1) is 11.3 Å². The zero-order valence-corrected chi connectivity index (χ0v) is 13.1. The SMILES string of the molecule is CC1CCC(C)N(c2ccc(CNC3CC3)cc2C#N)C1. The van der Waals surface area contributed by atoms with Crippen molar-refractivity contribution in [2.24, 2.45) is 5.92 Å². The lowest BCUT2D eigenvalue weighted by molar-refractivity contribution is 0.390. The first kappa shape index (κ1) is 14.4. The molecular formula is C18H25N3. The smallest absolute Gasteiger partial charge is 0.101 e. The van der Waals surface area contributed by atoms with Crippen molar-refractivity contribution in [3.05, 3.63) is 29.3 Å². The summed E-state index contributed by atoms with van der Waals surface area (Å²) < 4.78 is 0. The zero-order valence-electron chi connectivity index (χ0n) is 13.1. The van der Waals surface area contributed by atoms with Crippen molar-refractivity contribution in [3.63, 3.8) is 0 Å². The van der Waals surface area contributed by atoms with Gasteiger partial charge in [-0.25, -0.2) is 0 Å². The van der Waals surface area contributed by atoms with Crippen LogP contribution < -0.4 is 10.2 Å². The molecule has 3 rings (SSSR count). The van der Waals surface area contributed by atoms with Crippen LogP contribution in [0.2, 0.25) is 0 Å². The minimum atomic E-state index is 0.531. The first-order valence-corrected chi connectivity index (χ1v) is 8.20. The molecule has 1 aliphatic heterocycles. The van der Waals surface area contributed by atoms with Gasteiger partial charge in [-0.2, -0.15) is 5.26 Å². The van der Waals surface area contributed by atoms with Crippen molar-refractivity contribution in [1.29, 1.82) is 5.26 Å². The third kappa shape index (κ3) is 3.39. The molecule has 2 atom stereocenters. The van der Waals surface area contributed by atoms with Crippen LogP contribution in [-0.2, 0) is 6.54 Å². The summed E-state index contributed by atoms with van der Waals surface area (Å²) in [6.07, 6.45) is 5.11. The number of nitrogens with one attached hydrogen (secondary N) is 1. The van der Waals surface area contributed by atoms with E-state index in [0.29, 0.717) is 18.0 Å². The van der Waals surface area contributed by atoms with Crippen LogP contribution in [0.1, 0.15) is 50.7 Å². The maximum Gasteiger partial charge on any atom is 0.101 e. The number of hydrogen-bond acceptors (Lipinski definition) is 3. The monoisotopic (exact) mass is 283 g/mol. The molecule has 2 unspecified atom stereocenters. The molecule has 0 spiro atoms. The number of anilines is 1. The molecule has 0 aromatic heterocycles. The molecule has 1 saturated heterocycles. The molecule has 1 saturated carbocycles. The highest BCUT2D eigenvalue weighted by atomic mass is 15.2. The molecular weight excluding hydrogens is 258 g/mol. The predicted octanol–water partition coefficient (Wildman–Crippen LogP) is 3.44. The van der Waals surface area contributed by atoms with E-state index in [1.54, 1.807) is 0 Å². The number of rotatable bonds is 4. The van der Waals surface area contributed by atoms with Crippen LogP contribution in [0, 0.1) is 17.2 Å². The predicted molar refractivity (Wildman–Crippen MR) is 86.2 cm³/mol. The summed E-state index contributed by atoms with van der Waals surface area (Å²) in [7, 11) is 0. The third-order valence-electron chi connectivity index (χ3n) is 4.78. The van der Waals surface area contributed by atoms with Gasteiger partial charge in [-0.3, -0.25) is 0 Å². The third-order valence-corrected chi connectivity index (χ3v) is 4.78. The number of nitrogens with zero attached hydrogens (tertiary/aromatic N) is 2. The van der Waals surface area contributed by atoms with Gasteiger partial charge in [0.25, 0.3) is 0 Å². The summed E-state index contributed by atoms with van der Waals surface area (Å²) in [5.74, 6) is 0.712. The van der Waals surface area contributed by atoms with Crippen molar-refractivity contribution in [2.75, 3.05) is 11.4 Å². The van der Waals surface area contributed by atoms with E-state index in [2.05, 4.69) is 48.3 Å². The van der Waals surface area contributed by atoms with Crippen molar-refractivity contribution in [2.45, 2.75) is 58.2 Å². The molecule has 1 heterocycles. The Hall–Kier alpha value is -1.53. The Labute approximate surface area is 128 Å². The molecule has 1 aromatic rings. The summed E-state index contributed by atoms with van der Waals surface area (Å²) in [5, 5.41) is 13.0. The van der Waals surface area contributed by atoms with Gasteiger partial charge in [-0.05, 0) is 56.2 Å². The van der Waals surface area contributed by atoms with Crippen LogP contribution in [0.15, 0.2) is 18.2 Å². The van der Waals surface area contributed by atoms with Crippen molar-refractivity contribution >= 4 is 5.69 Å². The molecule has 1 aromatic carbocycles. The normalized spacial score (nSPS) is 25.7. The quantitative estimate of drug-likeness (QED) is 0.920. The number of piperidine rings is 1. The molecule has 0 bridgehead atoms. The van der Waals surface area contributed by atoms with Gasteiger partial charge in [0.1, 0.15) is 6.07 Å². The lowest BCUT2D eigenvalue weighted by Crippen LogP contribution is -2.41. The number of hydrogen-bond donors (Lipinski definition) is 1. The van der Waals surface area contributed by atoms with E-state index in [4.69, 9.17) is 0 Å². The van der Waals surface area contributed by atoms with Gasteiger partial charge in [-0.15, -0.1) is 0 Å². The summed E-state index contributed by atoms with van der Waals surface area (Å²) in [6.45, 7) is 6.52. The van der Waals surface area contributed by atoms with Gasteiger partial charge < -0.3 is 10.2 Å². The van der Waals surface area contributed by atoms with Crippen LogP contribution in [0.25, 0.3) is 0 Å². The lowest BCUT2D eigenvalue weighted by Gasteiger charge is -2.39. The highest BCUT2D eigenvalue weighted by molar-refractivity contribution is 5.61. The fourth-order valence-corrected chi connectivity index (χ4v) is 3.21. The average Bonchev–Trinajstić information content (AvgIpc) is 3.32. The first-order chi connectivity index (χ1) is 10.2. The van der Waals surface area contributed by atoms with Crippen LogP contribution >= 0.6 is 0 Å². The number of benzene rings is 1. The Morgan fingerprint density at radius 1 is 1.24 bits per heavy atom. The van der Waals surface area contributed by atoms with E-state index in [0.717, 1.165) is 24.3 Å². The van der Waals surface area contributed by atoms with E-state index in [1.807, 2.05) is 0 Å². The summed E-state index contributed by atoms with van der Waals surface area (Å²) >= 11 is 0. The Morgan fingerprint density at radius 3 is 2.76 bits per heavy atom. The minimum absolute atomic E-state index is 0.531. The van der Waals surface area contributed by atoms with E-state index in [1.165, 1.54) is 31.2 Å². The van der Waals surface area contributed by atoms with E-state index >= 15 is 0 Å². The van der Waals surface area contributed by atoms with Crippen LogP contribution in [-0.4, -0.2) is 18.6 Å². The van der Waals surface area contributed by atoms with Gasteiger partial charge in [-0.1, -0.05) is 13.0 Å². The maximum absolute atomic E-state index is 9.52. The zero-order chi connectivity index (χ0) is 14.8. The minimum Gasteiger partial charge on any atom is -0.367 e. The fraction of sp³-hybridized carbons (Fsp3) is 0.611. The van der Waals surface area contributed by atoms with Crippen LogP contribution in [0.3, 0.4) is 0 Å². The van der Waals surface area contributed by atoms with Gasteiger partial charge >= 0.3 is 0 Å². The second-order valence-corrected chi connectivity index (χ2v) is 6.80. The molecule has 0 radical (unpaired) electrons. The molecule has 1 aliphatic carbocycles. The molecule has 3 nitrogen and oxygen atoms in total. The largest absolute Gasteiger partial charge is 0.367 e. The summed E-state index contributed by atoms with van der Waals surface area (Å²) in [6, 6.07) is 10.0. The second-order valence-electron chi connectivity index (χ2n) is 6.80. The summed E-state index contributed by atoms with van der Waals surface area (Å²) in [4.78, 5) is 2.42. The van der Waals surface area contributed by atoms with E-state index < -0.39 is 0 Å². The Morgan fingerprint density at radius 2 is 2.05 bits per heavy atom. The van der Waals surface area contributed by atoms with Crippen molar-refractivity contribution in [3.8, 4) is 6.07 Å². The van der Waals surface area contributed by atoms with E-state index in [-0.39, 0.29) is 0 Å². The molecule has 2 fully saturated rings. The Balaban J connectivity index is 1.78. The molecule has 3 heteroatoms. The molecule has 2 aliphatic rings. The lowest BCUT2D eigenvalue weighted by atomic mass is 9.93. The summed E-state index contributed by atoms with van der Waals surface area (Å²) in [5.41, 5.74) is 3.16. The number of nitriles is 1. The Bertz CT molecular complexity index is 542. The van der Waals surface area contributed by atoms with Gasteiger partial charge in [0.2, 0.25) is 0 Å². The highest BCUT2D eigenvalue weighted by Crippen LogP contribution is 2.30. The van der Waals surface area contributed by atoms with Crippen molar-refractivity contribution < 1.29 is 0 Å². The Kier molecular flexibility index (Phi) is 4.17. The van der Waals surface area contributed by atoms with Crippen molar-refractivity contribution in [1.82, 2.24) is 5.32 Å². The van der Waals surface area contributed by atoms with Gasteiger partial charge in [0, 0.05) is 25.2 Å². The molecule has 1 N–H and O–H groups in total. The maximum atomic E-state index is 9.52. The molecule has 0 amide bonds. The molecule has 21 heavy (non-hydrogen) atoms. The van der Waals surface area contributed by atoms with Crippen LogP contribution in [0.4, 0.5) is 5.69 Å². The molecule has 112 valence electrons. The average molecular weight is 283 g/mol. The van der Waals surface area contributed by atoms with E-state index in [9.17, 15) is 5.26 Å². The second kappa shape index (κ2) is 6.07. The highest BCUT2D eigenvalue weighted by Gasteiger charge is 2.25.